The van der Waals surface area contributed by atoms with Gasteiger partial charge in [0.1, 0.15) is 17.1 Å². The van der Waals surface area contributed by atoms with Crippen molar-refractivity contribution in [3.63, 3.8) is 0 Å². The number of hydrogen-bond acceptors (Lipinski definition) is 7. The summed E-state index contributed by atoms with van der Waals surface area (Å²) in [5.74, 6) is -0.623. The first-order valence-electron chi connectivity index (χ1n) is 11.2. The molecule has 0 saturated carbocycles. The molecular weight excluding hydrogens is 553 g/mol. The molecule has 0 aliphatic heterocycles. The second kappa shape index (κ2) is 11.0. The van der Waals surface area contributed by atoms with Crippen molar-refractivity contribution < 1.29 is 27.6 Å². The lowest BCUT2D eigenvalue weighted by molar-refractivity contribution is 0.102. The van der Waals surface area contributed by atoms with E-state index in [2.05, 4.69) is 15.5 Å². The molecule has 4 aromatic carbocycles. The molecule has 1 amide bonds. The molecule has 0 bridgehead atoms. The molecule has 38 heavy (non-hydrogen) atoms. The highest BCUT2D eigenvalue weighted by molar-refractivity contribution is 7.85. The van der Waals surface area contributed by atoms with Crippen molar-refractivity contribution in [1.82, 2.24) is 0 Å². The fourth-order valence-electron chi connectivity index (χ4n) is 3.74. The van der Waals surface area contributed by atoms with Crippen LogP contribution in [0.4, 0.5) is 17.1 Å². The number of carbonyl (C=O) groups is 1. The number of phenols is 1. The number of aryl methyl sites for hydroxylation is 1. The Kier molecular flexibility index (Phi) is 7.89. The third kappa shape index (κ3) is 5.73. The molecule has 196 valence electrons. The van der Waals surface area contributed by atoms with Crippen molar-refractivity contribution >= 4 is 67.1 Å². The van der Waals surface area contributed by atoms with Gasteiger partial charge in [0.15, 0.2) is 5.75 Å². The van der Waals surface area contributed by atoms with Gasteiger partial charge >= 0.3 is 0 Å². The molecule has 0 aromatic heterocycles. The number of benzene rings is 4. The van der Waals surface area contributed by atoms with Crippen LogP contribution in [0.25, 0.3) is 10.8 Å². The molecule has 0 unspecified atom stereocenters. The Balaban J connectivity index is 1.76. The Morgan fingerprint density at radius 1 is 1.03 bits per heavy atom. The highest BCUT2D eigenvalue weighted by Gasteiger charge is 2.20. The van der Waals surface area contributed by atoms with E-state index in [9.17, 15) is 22.9 Å². The van der Waals surface area contributed by atoms with Crippen LogP contribution < -0.4 is 10.1 Å². The summed E-state index contributed by atoms with van der Waals surface area (Å²) >= 11 is 12.4. The number of azo groups is 1. The topological polar surface area (TPSA) is 138 Å². The maximum Gasteiger partial charge on any atom is 0.294 e. The van der Waals surface area contributed by atoms with Crippen LogP contribution in [0.3, 0.4) is 0 Å². The molecule has 0 saturated heterocycles. The van der Waals surface area contributed by atoms with E-state index in [1.165, 1.54) is 25.1 Å². The van der Waals surface area contributed by atoms with Crippen LogP contribution in [-0.4, -0.2) is 30.6 Å². The quantitative estimate of drug-likeness (QED) is 0.155. The van der Waals surface area contributed by atoms with Crippen LogP contribution in [0.5, 0.6) is 11.5 Å². The first-order valence-corrected chi connectivity index (χ1v) is 13.4. The van der Waals surface area contributed by atoms with Gasteiger partial charge in [0.25, 0.3) is 16.0 Å². The average molecular weight is 574 g/mol. The number of phenolic OH excluding ortho intramolecular Hbond substituents is 1. The smallest absolute Gasteiger partial charge is 0.294 e. The van der Waals surface area contributed by atoms with Gasteiger partial charge in [-0.25, -0.2) is 0 Å². The number of fused-ring (bicyclic) bond motifs is 1. The van der Waals surface area contributed by atoms with Crippen LogP contribution in [-0.2, 0) is 10.1 Å². The Morgan fingerprint density at radius 2 is 1.76 bits per heavy atom. The Bertz CT molecular complexity index is 1710. The van der Waals surface area contributed by atoms with Crippen LogP contribution in [0.2, 0.25) is 10.0 Å². The minimum atomic E-state index is -4.54. The summed E-state index contributed by atoms with van der Waals surface area (Å²) in [6.07, 6.45) is 0. The molecule has 0 aliphatic carbocycles. The summed E-state index contributed by atoms with van der Waals surface area (Å²) < 4.78 is 38.3. The summed E-state index contributed by atoms with van der Waals surface area (Å²) in [5, 5.41) is 23.3. The van der Waals surface area contributed by atoms with E-state index in [1.54, 1.807) is 36.4 Å². The maximum atomic E-state index is 13.1. The van der Waals surface area contributed by atoms with Gasteiger partial charge in [0, 0.05) is 11.1 Å². The van der Waals surface area contributed by atoms with Gasteiger partial charge in [-0.3, -0.25) is 9.35 Å². The number of nitrogens with zero attached hydrogens (tertiary/aromatic N) is 2. The largest absolute Gasteiger partial charge is 0.505 e. The third-order valence-corrected chi connectivity index (χ3v) is 7.10. The number of ether oxygens (including phenoxy) is 1. The molecule has 4 rings (SSSR count). The summed E-state index contributed by atoms with van der Waals surface area (Å²) in [6.45, 7) is 3.72. The summed E-state index contributed by atoms with van der Waals surface area (Å²) in [6, 6.07) is 15.5. The van der Waals surface area contributed by atoms with Gasteiger partial charge in [0.2, 0.25) is 0 Å². The van der Waals surface area contributed by atoms with Crippen molar-refractivity contribution in [3.05, 3.63) is 81.8 Å². The monoisotopic (exact) mass is 573 g/mol. The summed E-state index contributed by atoms with van der Waals surface area (Å²) in [7, 11) is -4.54. The SMILES string of the molecule is CCOc1ccc(NC(=O)c2cc3ccccc3c(N=Nc3cc(S(=O)(=O)O)c(C)cc3Cl)c2O)cc1Cl. The fraction of sp³-hybridized carbons (Fsp3) is 0.115. The second-order valence-electron chi connectivity index (χ2n) is 8.12. The molecule has 12 heteroatoms. The van der Waals surface area contributed by atoms with Gasteiger partial charge in [-0.15, -0.1) is 10.2 Å². The molecule has 0 fully saturated rings. The zero-order valence-electron chi connectivity index (χ0n) is 20.1. The van der Waals surface area contributed by atoms with E-state index in [4.69, 9.17) is 27.9 Å². The predicted molar refractivity (Wildman–Crippen MR) is 146 cm³/mol. The van der Waals surface area contributed by atoms with E-state index in [1.807, 2.05) is 6.92 Å². The van der Waals surface area contributed by atoms with E-state index in [0.29, 0.717) is 33.8 Å². The number of halogens is 2. The second-order valence-corrected chi connectivity index (χ2v) is 10.3. The Labute approximate surface area is 228 Å². The van der Waals surface area contributed by atoms with Crippen LogP contribution >= 0.6 is 23.2 Å². The van der Waals surface area contributed by atoms with Gasteiger partial charge in [-0.1, -0.05) is 47.5 Å². The lowest BCUT2D eigenvalue weighted by Gasteiger charge is -2.12. The molecule has 0 atom stereocenters. The lowest BCUT2D eigenvalue weighted by Crippen LogP contribution is -2.12. The molecule has 3 N–H and O–H groups in total. The van der Waals surface area contributed by atoms with Crippen LogP contribution in [0.15, 0.2) is 75.8 Å². The molecule has 0 heterocycles. The number of rotatable bonds is 7. The first-order chi connectivity index (χ1) is 18.0. The van der Waals surface area contributed by atoms with Crippen LogP contribution in [0.1, 0.15) is 22.8 Å². The van der Waals surface area contributed by atoms with Crippen molar-refractivity contribution in [3.8, 4) is 11.5 Å². The number of aromatic hydroxyl groups is 1. The summed E-state index contributed by atoms with van der Waals surface area (Å²) in [5.41, 5.74) is 0.410. The Hall–Kier alpha value is -3.70. The Morgan fingerprint density at radius 3 is 2.45 bits per heavy atom. The lowest BCUT2D eigenvalue weighted by atomic mass is 10.0. The maximum absolute atomic E-state index is 13.1. The molecule has 0 radical (unpaired) electrons. The fourth-order valence-corrected chi connectivity index (χ4v) is 4.96. The highest BCUT2D eigenvalue weighted by Crippen LogP contribution is 2.41. The van der Waals surface area contributed by atoms with E-state index < -0.39 is 21.8 Å². The van der Waals surface area contributed by atoms with Gasteiger partial charge in [-0.2, -0.15) is 8.42 Å². The summed E-state index contributed by atoms with van der Waals surface area (Å²) in [4.78, 5) is 12.8. The number of nitrogens with one attached hydrogen (secondary N) is 1. The minimum absolute atomic E-state index is 0.0389. The van der Waals surface area contributed by atoms with Gasteiger partial charge < -0.3 is 15.2 Å². The number of carbonyl (C=O) groups excluding carboxylic acids is 1. The van der Waals surface area contributed by atoms with E-state index in [-0.39, 0.29) is 32.4 Å². The van der Waals surface area contributed by atoms with E-state index >= 15 is 0 Å². The van der Waals surface area contributed by atoms with Gasteiger partial charge in [-0.05, 0) is 61.2 Å². The predicted octanol–water partition coefficient (Wildman–Crippen LogP) is 7.47. The van der Waals surface area contributed by atoms with Gasteiger partial charge in [0.05, 0.1) is 27.1 Å². The first kappa shape index (κ1) is 27.3. The number of anilines is 1. The van der Waals surface area contributed by atoms with Crippen molar-refractivity contribution in [2.24, 2.45) is 10.2 Å². The normalized spacial score (nSPS) is 11.7. The zero-order chi connectivity index (χ0) is 27.6. The van der Waals surface area contributed by atoms with Crippen LogP contribution in [0, 0.1) is 6.92 Å². The molecule has 9 nitrogen and oxygen atoms in total. The average Bonchev–Trinajstić information content (AvgIpc) is 2.85. The highest BCUT2D eigenvalue weighted by atomic mass is 35.5. The van der Waals surface area contributed by atoms with E-state index in [0.717, 1.165) is 6.07 Å². The minimum Gasteiger partial charge on any atom is -0.505 e. The zero-order valence-corrected chi connectivity index (χ0v) is 22.4. The van der Waals surface area contributed by atoms with Crippen molar-refractivity contribution in [2.75, 3.05) is 11.9 Å². The number of amides is 1. The third-order valence-electron chi connectivity index (χ3n) is 5.51. The molecule has 4 aromatic rings. The van der Waals surface area contributed by atoms with Crippen molar-refractivity contribution in [2.45, 2.75) is 18.7 Å². The molecule has 0 aliphatic rings. The number of hydrogen-bond donors (Lipinski definition) is 3. The van der Waals surface area contributed by atoms with Crippen molar-refractivity contribution in [1.29, 1.82) is 0 Å². The molecular formula is C26H21Cl2N3O6S. The standard InChI is InChI=1S/C26H21Cl2N3O6S/c1-3-37-22-9-8-16(12-20(22)28)29-26(33)18-11-15-6-4-5-7-17(15)24(25(18)32)31-30-21-13-23(38(34,35)36)14(2)10-19(21)27/h4-13,32H,3H2,1-2H3,(H,29,33)(H,34,35,36). The molecule has 0 spiro atoms.